The summed E-state index contributed by atoms with van der Waals surface area (Å²) < 4.78 is 12.8. The summed E-state index contributed by atoms with van der Waals surface area (Å²) >= 11 is 1.38. The lowest BCUT2D eigenvalue weighted by atomic mass is 10.1. The Morgan fingerprint density at radius 3 is 2.68 bits per heavy atom. The number of aromatic nitrogens is 2. The minimum absolute atomic E-state index is 0.272. The molecule has 1 fully saturated rings. The third kappa shape index (κ3) is 4.55. The van der Waals surface area contributed by atoms with Crippen molar-refractivity contribution in [3.63, 3.8) is 0 Å². The lowest BCUT2D eigenvalue weighted by Gasteiger charge is -2.14. The van der Waals surface area contributed by atoms with Gasteiger partial charge < -0.3 is 14.0 Å². The van der Waals surface area contributed by atoms with Crippen LogP contribution in [0.4, 0.5) is 5.13 Å². The Labute approximate surface area is 185 Å². The molecule has 1 atom stereocenters. The van der Waals surface area contributed by atoms with E-state index in [0.717, 1.165) is 42.9 Å². The average Bonchev–Trinajstić information content (AvgIpc) is 3.51. The maximum absolute atomic E-state index is 12.6. The number of hydrogen-bond acceptors (Lipinski definition) is 6. The highest BCUT2D eigenvalue weighted by atomic mass is 32.1. The summed E-state index contributed by atoms with van der Waals surface area (Å²) in [6, 6.07) is 8.45. The lowest BCUT2D eigenvalue weighted by Crippen LogP contribution is -2.16. The molecule has 3 aromatic rings. The van der Waals surface area contributed by atoms with Crippen molar-refractivity contribution in [2.45, 2.75) is 39.3 Å². The van der Waals surface area contributed by atoms with Crippen molar-refractivity contribution in [2.75, 3.05) is 19.0 Å². The molecule has 162 valence electrons. The van der Waals surface area contributed by atoms with E-state index in [9.17, 15) is 9.59 Å². The van der Waals surface area contributed by atoms with Gasteiger partial charge in [0, 0.05) is 41.0 Å². The first-order chi connectivity index (χ1) is 15.0. The van der Waals surface area contributed by atoms with Crippen molar-refractivity contribution in [2.24, 2.45) is 0 Å². The zero-order valence-electron chi connectivity index (χ0n) is 17.8. The summed E-state index contributed by atoms with van der Waals surface area (Å²) in [5, 5.41) is 5.32. The van der Waals surface area contributed by atoms with Crippen LogP contribution in [-0.2, 0) is 16.0 Å². The number of thiazole rings is 1. The minimum Gasteiger partial charge on any atom is -0.465 e. The number of amides is 1. The number of nitrogens with one attached hydrogen (secondary N) is 1. The van der Waals surface area contributed by atoms with E-state index in [1.807, 2.05) is 5.38 Å². The van der Waals surface area contributed by atoms with Gasteiger partial charge >= 0.3 is 5.97 Å². The number of benzene rings is 1. The summed E-state index contributed by atoms with van der Waals surface area (Å²) in [4.78, 5) is 28.7. The highest BCUT2D eigenvalue weighted by molar-refractivity contribution is 7.14. The molecule has 1 aliphatic rings. The van der Waals surface area contributed by atoms with Crippen LogP contribution in [0.1, 0.15) is 44.9 Å². The Bertz CT molecular complexity index is 1090. The van der Waals surface area contributed by atoms with Crippen molar-refractivity contribution in [1.29, 1.82) is 0 Å². The summed E-state index contributed by atoms with van der Waals surface area (Å²) in [6.45, 7) is 5.89. The summed E-state index contributed by atoms with van der Waals surface area (Å²) in [7, 11) is 1.32. The molecule has 4 rings (SSSR count). The fourth-order valence-electron chi connectivity index (χ4n) is 3.83. The summed E-state index contributed by atoms with van der Waals surface area (Å²) in [5.41, 5.74) is 5.07. The molecule has 7 nitrogen and oxygen atoms in total. The summed E-state index contributed by atoms with van der Waals surface area (Å²) in [6.07, 6.45) is 2.49. The number of hydrogen-bond donors (Lipinski definition) is 1. The van der Waals surface area contributed by atoms with Crippen molar-refractivity contribution in [3.8, 4) is 11.3 Å². The highest BCUT2D eigenvalue weighted by Crippen LogP contribution is 2.31. The Morgan fingerprint density at radius 2 is 2.00 bits per heavy atom. The molecule has 3 heterocycles. The number of anilines is 1. The molecule has 0 bridgehead atoms. The van der Waals surface area contributed by atoms with Crippen LogP contribution in [0.15, 0.2) is 35.7 Å². The van der Waals surface area contributed by atoms with E-state index in [2.05, 4.69) is 39.5 Å². The first kappa shape index (κ1) is 21.3. The molecule has 31 heavy (non-hydrogen) atoms. The molecule has 1 saturated heterocycles. The number of methoxy groups -OCH3 is 1. The molecular weight excluding hydrogens is 414 g/mol. The Kier molecular flexibility index (Phi) is 6.20. The predicted molar refractivity (Wildman–Crippen MR) is 120 cm³/mol. The number of esters is 1. The van der Waals surface area contributed by atoms with E-state index < -0.39 is 5.97 Å². The zero-order chi connectivity index (χ0) is 22.0. The smallest absolute Gasteiger partial charge is 0.337 e. The molecule has 8 heteroatoms. The molecular formula is C23H25N3O4S. The number of nitrogens with zero attached hydrogens (tertiary/aromatic N) is 2. The topological polar surface area (TPSA) is 82.5 Å². The quantitative estimate of drug-likeness (QED) is 0.574. The van der Waals surface area contributed by atoms with Gasteiger partial charge in [0.05, 0.1) is 24.5 Å². The van der Waals surface area contributed by atoms with E-state index in [1.54, 1.807) is 24.3 Å². The number of ether oxygens (including phenoxy) is 2. The number of carbonyl (C=O) groups excluding carboxylic acids is 2. The Hall–Kier alpha value is -2.97. The van der Waals surface area contributed by atoms with E-state index >= 15 is 0 Å². The van der Waals surface area contributed by atoms with Gasteiger partial charge in [-0.05, 0) is 57.0 Å². The molecule has 1 aliphatic heterocycles. The molecule has 0 spiro atoms. The zero-order valence-corrected chi connectivity index (χ0v) is 18.6. The predicted octanol–water partition coefficient (Wildman–Crippen LogP) is 4.45. The standard InChI is InChI=1S/C23H25N3O4S/c1-14-11-19(15(2)26(14)12-18-5-4-10-30-18)20-13-31-23(24-20)25-21(27)16-6-8-17(9-7-16)22(28)29-3/h6-9,11,13,18H,4-5,10,12H2,1-3H3,(H,24,25,27). The molecule has 1 unspecified atom stereocenters. The third-order valence-electron chi connectivity index (χ3n) is 5.55. The maximum Gasteiger partial charge on any atom is 0.337 e. The second kappa shape index (κ2) is 9.03. The van der Waals surface area contributed by atoms with Crippen LogP contribution in [0.5, 0.6) is 0 Å². The number of carbonyl (C=O) groups is 2. The van der Waals surface area contributed by atoms with Gasteiger partial charge in [-0.15, -0.1) is 11.3 Å². The highest BCUT2D eigenvalue weighted by Gasteiger charge is 2.20. The van der Waals surface area contributed by atoms with Crippen LogP contribution in [0.25, 0.3) is 11.3 Å². The van der Waals surface area contributed by atoms with Gasteiger partial charge in [0.25, 0.3) is 5.91 Å². The normalized spacial score (nSPS) is 15.8. The molecule has 0 saturated carbocycles. The molecule has 0 radical (unpaired) electrons. The van der Waals surface area contributed by atoms with Gasteiger partial charge in [-0.1, -0.05) is 0 Å². The number of rotatable bonds is 6. The van der Waals surface area contributed by atoms with Crippen LogP contribution in [-0.4, -0.2) is 41.2 Å². The number of aryl methyl sites for hydroxylation is 1. The van der Waals surface area contributed by atoms with Crippen molar-refractivity contribution >= 4 is 28.3 Å². The molecule has 1 aromatic carbocycles. The van der Waals surface area contributed by atoms with Gasteiger partial charge in [-0.25, -0.2) is 9.78 Å². The van der Waals surface area contributed by atoms with E-state index in [-0.39, 0.29) is 12.0 Å². The van der Waals surface area contributed by atoms with Crippen molar-refractivity contribution < 1.29 is 19.1 Å². The first-order valence-electron chi connectivity index (χ1n) is 10.2. The van der Waals surface area contributed by atoms with Crippen LogP contribution in [0, 0.1) is 13.8 Å². The second-order valence-corrected chi connectivity index (χ2v) is 8.45. The maximum atomic E-state index is 12.6. The van der Waals surface area contributed by atoms with Crippen molar-refractivity contribution in [3.05, 3.63) is 58.2 Å². The fraction of sp³-hybridized carbons (Fsp3) is 0.348. The molecule has 2 aromatic heterocycles. The van der Waals surface area contributed by atoms with Gasteiger partial charge in [-0.2, -0.15) is 0 Å². The van der Waals surface area contributed by atoms with Crippen LogP contribution < -0.4 is 5.32 Å². The summed E-state index contributed by atoms with van der Waals surface area (Å²) in [5.74, 6) is -0.713. The Balaban J connectivity index is 1.47. The molecule has 1 amide bonds. The monoisotopic (exact) mass is 439 g/mol. The lowest BCUT2D eigenvalue weighted by molar-refractivity contribution is 0.0600. The van der Waals surface area contributed by atoms with E-state index in [0.29, 0.717) is 16.3 Å². The minimum atomic E-state index is -0.436. The van der Waals surface area contributed by atoms with Crippen LogP contribution in [0.3, 0.4) is 0 Å². The average molecular weight is 440 g/mol. The Morgan fingerprint density at radius 1 is 1.26 bits per heavy atom. The second-order valence-electron chi connectivity index (χ2n) is 7.59. The molecule has 0 aliphatic carbocycles. The van der Waals surface area contributed by atoms with Gasteiger partial charge in [0.1, 0.15) is 0 Å². The van der Waals surface area contributed by atoms with Crippen molar-refractivity contribution in [1.82, 2.24) is 9.55 Å². The fourth-order valence-corrected chi connectivity index (χ4v) is 4.54. The molecule has 1 N–H and O–H groups in total. The van der Waals surface area contributed by atoms with E-state index in [4.69, 9.17) is 4.74 Å². The SMILES string of the molecule is COC(=O)c1ccc(C(=O)Nc2nc(-c3cc(C)n(CC4CCCO4)c3C)cs2)cc1. The first-order valence-corrected chi connectivity index (χ1v) is 11.1. The van der Waals surface area contributed by atoms with Crippen LogP contribution in [0.2, 0.25) is 0 Å². The van der Waals surface area contributed by atoms with Crippen LogP contribution >= 0.6 is 11.3 Å². The largest absolute Gasteiger partial charge is 0.465 e. The van der Waals surface area contributed by atoms with Gasteiger partial charge in [0.15, 0.2) is 5.13 Å². The van der Waals surface area contributed by atoms with Gasteiger partial charge in [-0.3, -0.25) is 10.1 Å². The third-order valence-corrected chi connectivity index (χ3v) is 6.31. The van der Waals surface area contributed by atoms with E-state index in [1.165, 1.54) is 24.1 Å². The van der Waals surface area contributed by atoms with Gasteiger partial charge in [0.2, 0.25) is 0 Å².